The summed E-state index contributed by atoms with van der Waals surface area (Å²) in [6.45, 7) is 3.12. The summed E-state index contributed by atoms with van der Waals surface area (Å²) in [5.74, 6) is 2.61. The van der Waals surface area contributed by atoms with Gasteiger partial charge in [0.15, 0.2) is 11.8 Å². The number of hydrogen-bond donors (Lipinski definition) is 2. The molecular weight excluding hydrogens is 475 g/mol. The van der Waals surface area contributed by atoms with E-state index in [2.05, 4.69) is 20.8 Å². The highest BCUT2D eigenvalue weighted by Gasteiger charge is 2.15. The van der Waals surface area contributed by atoms with Crippen molar-refractivity contribution in [1.29, 1.82) is 0 Å². The van der Waals surface area contributed by atoms with Crippen LogP contribution in [-0.4, -0.2) is 26.8 Å². The van der Waals surface area contributed by atoms with Gasteiger partial charge in [-0.15, -0.1) is 34.2 Å². The van der Waals surface area contributed by atoms with Crippen molar-refractivity contribution >= 4 is 41.5 Å². The second-order valence-electron chi connectivity index (χ2n) is 6.85. The molecule has 0 spiro atoms. The normalized spacial score (nSPS) is 15.3. The number of benzene rings is 1. The number of guanidine groups is 1. The van der Waals surface area contributed by atoms with E-state index in [1.807, 2.05) is 42.8 Å². The molecule has 3 rings (SSSR count). The van der Waals surface area contributed by atoms with E-state index in [1.54, 1.807) is 0 Å². The van der Waals surface area contributed by atoms with Crippen molar-refractivity contribution in [3.05, 3.63) is 46.5 Å². The van der Waals surface area contributed by atoms with Gasteiger partial charge in [0.2, 0.25) is 0 Å². The Labute approximate surface area is 183 Å². The van der Waals surface area contributed by atoms with Crippen LogP contribution < -0.4 is 10.6 Å². The Morgan fingerprint density at radius 3 is 2.70 bits per heavy atom. The number of halogens is 2. The van der Waals surface area contributed by atoms with Gasteiger partial charge in [-0.3, -0.25) is 0 Å². The summed E-state index contributed by atoms with van der Waals surface area (Å²) >= 11 is 6.08. The minimum absolute atomic E-state index is 0. The molecule has 0 amide bonds. The van der Waals surface area contributed by atoms with Crippen molar-refractivity contribution in [3.63, 3.8) is 0 Å². The van der Waals surface area contributed by atoms with Gasteiger partial charge in [-0.05, 0) is 37.5 Å². The lowest BCUT2D eigenvalue weighted by molar-refractivity contribution is 0.409. The van der Waals surface area contributed by atoms with Crippen LogP contribution in [0.25, 0.3) is 0 Å². The SMILES string of the molecule is Cc1nnc(CNC(=NCc2cccc(Cl)c2)NC2CCCCC2)n1C.I. The molecule has 8 heteroatoms. The van der Waals surface area contributed by atoms with Crippen LogP contribution >= 0.6 is 35.6 Å². The molecule has 0 unspecified atom stereocenters. The molecule has 1 aromatic heterocycles. The third-order valence-corrected chi connectivity index (χ3v) is 5.09. The summed E-state index contributed by atoms with van der Waals surface area (Å²) in [5, 5.41) is 16.1. The first-order chi connectivity index (χ1) is 12.6. The number of nitrogens with one attached hydrogen (secondary N) is 2. The lowest BCUT2D eigenvalue weighted by Crippen LogP contribution is -2.44. The first-order valence-electron chi connectivity index (χ1n) is 9.26. The molecule has 1 aliphatic carbocycles. The van der Waals surface area contributed by atoms with Crippen molar-refractivity contribution < 1.29 is 0 Å². The highest BCUT2D eigenvalue weighted by Crippen LogP contribution is 2.17. The Bertz CT molecular complexity index is 754. The van der Waals surface area contributed by atoms with E-state index in [4.69, 9.17) is 16.6 Å². The van der Waals surface area contributed by atoms with Gasteiger partial charge in [0, 0.05) is 18.1 Å². The summed E-state index contributed by atoms with van der Waals surface area (Å²) in [7, 11) is 1.98. The fourth-order valence-corrected chi connectivity index (χ4v) is 3.38. The average molecular weight is 503 g/mol. The van der Waals surface area contributed by atoms with Crippen molar-refractivity contribution in [2.24, 2.45) is 12.0 Å². The Morgan fingerprint density at radius 2 is 2.04 bits per heavy atom. The molecule has 0 atom stereocenters. The molecule has 0 radical (unpaired) electrons. The maximum atomic E-state index is 6.08. The second kappa shape index (κ2) is 10.8. The van der Waals surface area contributed by atoms with Crippen LogP contribution in [-0.2, 0) is 20.1 Å². The molecule has 1 fully saturated rings. The summed E-state index contributed by atoms with van der Waals surface area (Å²) < 4.78 is 1.99. The van der Waals surface area contributed by atoms with Crippen molar-refractivity contribution in [2.45, 2.75) is 58.2 Å². The zero-order valence-corrected chi connectivity index (χ0v) is 19.0. The number of aliphatic imine (C=N–C) groups is 1. The molecule has 1 heterocycles. The Morgan fingerprint density at radius 1 is 1.26 bits per heavy atom. The van der Waals surface area contributed by atoms with Crippen LogP contribution in [0.1, 0.15) is 49.3 Å². The highest BCUT2D eigenvalue weighted by atomic mass is 127. The Kier molecular flexibility index (Phi) is 8.82. The van der Waals surface area contributed by atoms with Crippen LogP contribution in [0.4, 0.5) is 0 Å². The molecule has 2 N–H and O–H groups in total. The van der Waals surface area contributed by atoms with Gasteiger partial charge in [-0.1, -0.05) is 43.0 Å². The van der Waals surface area contributed by atoms with E-state index in [-0.39, 0.29) is 24.0 Å². The van der Waals surface area contributed by atoms with Crippen LogP contribution in [0.3, 0.4) is 0 Å². The largest absolute Gasteiger partial charge is 0.354 e. The van der Waals surface area contributed by atoms with Crippen LogP contribution in [0.2, 0.25) is 5.02 Å². The van der Waals surface area contributed by atoms with Gasteiger partial charge in [0.05, 0.1) is 13.1 Å². The fourth-order valence-electron chi connectivity index (χ4n) is 3.17. The third kappa shape index (κ3) is 6.64. The summed E-state index contributed by atoms with van der Waals surface area (Å²) in [6.07, 6.45) is 6.28. The van der Waals surface area contributed by atoms with Crippen LogP contribution in [0.5, 0.6) is 0 Å². The maximum absolute atomic E-state index is 6.08. The lowest BCUT2D eigenvalue weighted by atomic mass is 9.96. The predicted molar refractivity (Wildman–Crippen MR) is 121 cm³/mol. The Balaban J connectivity index is 0.00000261. The first-order valence-corrected chi connectivity index (χ1v) is 9.64. The predicted octanol–water partition coefficient (Wildman–Crippen LogP) is 3.96. The highest BCUT2D eigenvalue weighted by molar-refractivity contribution is 14.0. The standard InChI is InChI=1S/C19H27ClN6.HI/c1-14-24-25-18(26(14)2)13-22-19(23-17-9-4-3-5-10-17)21-12-15-7-6-8-16(20)11-15;/h6-8,11,17H,3-5,9-10,12-13H2,1-2H3,(H2,21,22,23);1H. The smallest absolute Gasteiger partial charge is 0.192 e. The van der Waals surface area contributed by atoms with Crippen LogP contribution in [0.15, 0.2) is 29.3 Å². The maximum Gasteiger partial charge on any atom is 0.192 e. The molecule has 6 nitrogen and oxygen atoms in total. The average Bonchev–Trinajstić information content (AvgIpc) is 2.97. The Hall–Kier alpha value is -1.35. The van der Waals surface area contributed by atoms with Crippen molar-refractivity contribution in [2.75, 3.05) is 0 Å². The van der Waals surface area contributed by atoms with Gasteiger partial charge >= 0.3 is 0 Å². The minimum Gasteiger partial charge on any atom is -0.354 e. The zero-order valence-electron chi connectivity index (χ0n) is 15.9. The summed E-state index contributed by atoms with van der Waals surface area (Å²) in [6, 6.07) is 8.31. The van der Waals surface area contributed by atoms with Gasteiger partial charge in [0.1, 0.15) is 5.82 Å². The number of nitrogens with zero attached hydrogens (tertiary/aromatic N) is 4. The van der Waals surface area contributed by atoms with Gasteiger partial charge in [-0.25, -0.2) is 4.99 Å². The topological polar surface area (TPSA) is 67.1 Å². The van der Waals surface area contributed by atoms with E-state index < -0.39 is 0 Å². The van der Waals surface area contributed by atoms with Gasteiger partial charge < -0.3 is 15.2 Å². The number of rotatable bonds is 5. The number of hydrogen-bond acceptors (Lipinski definition) is 3. The van der Waals surface area contributed by atoms with E-state index in [9.17, 15) is 0 Å². The third-order valence-electron chi connectivity index (χ3n) is 4.85. The molecular formula is C19H28ClIN6. The molecule has 27 heavy (non-hydrogen) atoms. The van der Waals surface area contributed by atoms with E-state index >= 15 is 0 Å². The molecule has 1 aliphatic rings. The van der Waals surface area contributed by atoms with E-state index in [0.29, 0.717) is 19.1 Å². The minimum atomic E-state index is 0. The van der Waals surface area contributed by atoms with E-state index in [0.717, 1.165) is 28.2 Å². The molecule has 0 bridgehead atoms. The van der Waals surface area contributed by atoms with Gasteiger partial charge in [0.25, 0.3) is 0 Å². The van der Waals surface area contributed by atoms with Crippen molar-refractivity contribution in [3.8, 4) is 0 Å². The van der Waals surface area contributed by atoms with Gasteiger partial charge in [-0.2, -0.15) is 0 Å². The molecule has 1 aromatic carbocycles. The van der Waals surface area contributed by atoms with Crippen LogP contribution in [0, 0.1) is 6.92 Å². The lowest BCUT2D eigenvalue weighted by Gasteiger charge is -2.25. The monoisotopic (exact) mass is 502 g/mol. The molecule has 0 saturated heterocycles. The molecule has 148 valence electrons. The van der Waals surface area contributed by atoms with Crippen molar-refractivity contribution in [1.82, 2.24) is 25.4 Å². The molecule has 1 saturated carbocycles. The summed E-state index contributed by atoms with van der Waals surface area (Å²) in [4.78, 5) is 4.76. The second-order valence-corrected chi connectivity index (χ2v) is 7.29. The zero-order chi connectivity index (χ0) is 18.4. The quantitative estimate of drug-likeness (QED) is 0.369. The number of aryl methyl sites for hydroxylation is 1. The summed E-state index contributed by atoms with van der Waals surface area (Å²) in [5.41, 5.74) is 1.09. The molecule has 0 aliphatic heterocycles. The number of aromatic nitrogens is 3. The molecule has 2 aromatic rings. The van der Waals surface area contributed by atoms with E-state index in [1.165, 1.54) is 32.1 Å². The first kappa shape index (κ1) is 21.9. The fraction of sp³-hybridized carbons (Fsp3) is 0.526.